The number of nitrogens with zero attached hydrogens (tertiary/aromatic N) is 2. The zero-order chi connectivity index (χ0) is 50.5. The van der Waals surface area contributed by atoms with Crippen LogP contribution in [0.25, 0.3) is 22.3 Å². The predicted molar refractivity (Wildman–Crippen MR) is 311 cm³/mol. The van der Waals surface area contributed by atoms with Crippen molar-refractivity contribution < 1.29 is 4.74 Å². The second kappa shape index (κ2) is 17.6. The van der Waals surface area contributed by atoms with Crippen LogP contribution >= 0.6 is 0 Å². The molecule has 0 atom stereocenters. The van der Waals surface area contributed by atoms with Gasteiger partial charge in [0, 0.05) is 22.2 Å². The normalized spacial score (nSPS) is 14.8. The van der Waals surface area contributed by atoms with Gasteiger partial charge < -0.3 is 14.5 Å². The van der Waals surface area contributed by atoms with E-state index in [1.807, 2.05) is 0 Å². The Morgan fingerprint density at radius 2 is 0.699 bits per heavy atom. The summed E-state index contributed by atoms with van der Waals surface area (Å²) in [7, 11) is 0. The van der Waals surface area contributed by atoms with Crippen LogP contribution in [0.2, 0.25) is 0 Å². The van der Waals surface area contributed by atoms with Gasteiger partial charge in [-0.15, -0.1) is 0 Å². The highest BCUT2D eigenvalue weighted by atomic mass is 16.5. The van der Waals surface area contributed by atoms with Crippen LogP contribution in [0.15, 0.2) is 194 Å². The summed E-state index contributed by atoms with van der Waals surface area (Å²) < 4.78 is 7.02. The molecule has 4 heteroatoms. The molecule has 0 spiro atoms. The number of ether oxygens (including phenoxy) is 1. The molecule has 9 aromatic carbocycles. The molecule has 0 radical (unpaired) electrons. The van der Waals surface area contributed by atoms with Crippen molar-refractivity contribution in [3.63, 3.8) is 0 Å². The maximum atomic E-state index is 7.02. The quantitative estimate of drug-likeness (QED) is 0.141. The molecule has 0 unspecified atom stereocenters. The summed E-state index contributed by atoms with van der Waals surface area (Å²) >= 11 is 0. The number of para-hydroxylation sites is 4. The van der Waals surface area contributed by atoms with E-state index in [0.717, 1.165) is 22.9 Å². The van der Waals surface area contributed by atoms with Gasteiger partial charge in [0.15, 0.2) is 0 Å². The third kappa shape index (κ3) is 7.55. The van der Waals surface area contributed by atoms with E-state index >= 15 is 0 Å². The topological polar surface area (TPSA) is 15.7 Å². The summed E-state index contributed by atoms with van der Waals surface area (Å²) in [6.07, 6.45) is 0. The third-order valence-corrected chi connectivity index (χ3v) is 16.5. The number of rotatable bonds is 8. The van der Waals surface area contributed by atoms with Crippen molar-refractivity contribution in [1.29, 1.82) is 0 Å². The van der Waals surface area contributed by atoms with Gasteiger partial charge in [0.2, 0.25) is 0 Å². The minimum Gasteiger partial charge on any atom is -0.458 e. The van der Waals surface area contributed by atoms with E-state index in [4.69, 9.17) is 4.74 Å². The van der Waals surface area contributed by atoms with Crippen molar-refractivity contribution in [3.8, 4) is 33.8 Å². The zero-order valence-electron chi connectivity index (χ0n) is 44.1. The van der Waals surface area contributed by atoms with Gasteiger partial charge in [-0.1, -0.05) is 208 Å². The average molecular weight is 949 g/mol. The van der Waals surface area contributed by atoms with Gasteiger partial charge in [-0.05, 0) is 151 Å². The summed E-state index contributed by atoms with van der Waals surface area (Å²) in [5.74, 6) is 2.89. The van der Waals surface area contributed by atoms with Crippen LogP contribution in [-0.2, 0) is 10.8 Å². The summed E-state index contributed by atoms with van der Waals surface area (Å²) in [4.78, 5) is 4.87. The van der Waals surface area contributed by atoms with Crippen LogP contribution in [0.5, 0.6) is 11.5 Å². The molecule has 0 saturated carbocycles. The van der Waals surface area contributed by atoms with Crippen molar-refractivity contribution in [1.82, 2.24) is 0 Å². The minimum atomic E-state index is -0.110. The molecule has 0 bridgehead atoms. The molecule has 360 valence electrons. The van der Waals surface area contributed by atoms with Crippen LogP contribution < -0.4 is 30.9 Å². The van der Waals surface area contributed by atoms with Crippen molar-refractivity contribution >= 4 is 57.2 Å². The molecule has 12 rings (SSSR count). The molecule has 73 heavy (non-hydrogen) atoms. The maximum Gasteiger partial charge on any atom is 0.251 e. The Labute approximate surface area is 434 Å². The van der Waals surface area contributed by atoms with Gasteiger partial charge in [0.1, 0.15) is 11.5 Å². The second-order valence-corrected chi connectivity index (χ2v) is 22.7. The van der Waals surface area contributed by atoms with E-state index in [9.17, 15) is 0 Å². The van der Waals surface area contributed by atoms with Crippen molar-refractivity contribution in [2.75, 3.05) is 9.80 Å². The summed E-state index contributed by atoms with van der Waals surface area (Å²) in [6, 6.07) is 72.7. The highest BCUT2D eigenvalue weighted by Crippen LogP contribution is 2.53. The SMILES string of the molecule is CC(C)c1cc(C(C)C)c(B2c3cc(-c4ccc(N5c6ccccc6C(C)(C)c6ccccc65)cc4)ccc3Oc3ccc(-c4ccc(N5c6ccccc6C(C)(C)c6ccccc65)cc4)cc32)c(C(C)C)c1. The van der Waals surface area contributed by atoms with Crippen LogP contribution in [0.4, 0.5) is 34.1 Å². The monoisotopic (exact) mass is 949 g/mol. The molecule has 0 saturated heterocycles. The van der Waals surface area contributed by atoms with E-state index in [2.05, 4.69) is 273 Å². The molecule has 3 nitrogen and oxygen atoms in total. The standard InChI is InChI=1S/C69H65BN2O/c1-43(2)50-39-53(44(3)4)67(54(40-50)45(5)6)70-59-41-48(46-27-33-51(34-28-46)71-61-23-15-11-19-55(61)68(7,8)56-20-12-16-24-62(56)71)31-37-65(59)73-66-38-32-49(42-60(66)70)47-29-35-52(36-30-47)72-63-25-17-13-21-57(63)69(9,10)58-22-14-18-26-64(58)72/h11-45H,1-10H3. The molecule has 0 aliphatic carbocycles. The molecule has 0 N–H and O–H groups in total. The molecule has 3 heterocycles. The Bertz CT molecular complexity index is 3270. The fourth-order valence-electron chi connectivity index (χ4n) is 12.5. The van der Waals surface area contributed by atoms with E-state index in [0.29, 0.717) is 17.8 Å². The van der Waals surface area contributed by atoms with E-state index < -0.39 is 0 Å². The highest BCUT2D eigenvalue weighted by molar-refractivity contribution is 6.97. The lowest BCUT2D eigenvalue weighted by molar-refractivity contribution is 0.487. The summed E-state index contributed by atoms with van der Waals surface area (Å²) in [5.41, 5.74) is 25.1. The first-order chi connectivity index (χ1) is 35.2. The minimum absolute atomic E-state index is 0.0531. The molecule has 0 aromatic heterocycles. The smallest absolute Gasteiger partial charge is 0.251 e. The lowest BCUT2D eigenvalue weighted by Gasteiger charge is -2.42. The molecule has 3 aliphatic heterocycles. The highest BCUT2D eigenvalue weighted by Gasteiger charge is 2.40. The molecular weight excluding hydrogens is 884 g/mol. The van der Waals surface area contributed by atoms with E-state index in [1.54, 1.807) is 0 Å². The van der Waals surface area contributed by atoms with Crippen LogP contribution in [0.3, 0.4) is 0 Å². The first-order valence-electron chi connectivity index (χ1n) is 26.5. The van der Waals surface area contributed by atoms with E-state index in [-0.39, 0.29) is 17.5 Å². The maximum absolute atomic E-state index is 7.02. The molecule has 9 aromatic rings. The van der Waals surface area contributed by atoms with Gasteiger partial charge in [-0.25, -0.2) is 0 Å². The van der Waals surface area contributed by atoms with Crippen molar-refractivity contribution in [2.24, 2.45) is 0 Å². The number of hydrogen-bond donors (Lipinski definition) is 0. The number of fused-ring (bicyclic) bond motifs is 6. The first kappa shape index (κ1) is 46.5. The first-order valence-corrected chi connectivity index (χ1v) is 26.5. The fraction of sp³-hybridized carbons (Fsp3) is 0.217. The van der Waals surface area contributed by atoms with Gasteiger partial charge in [0.25, 0.3) is 6.71 Å². The molecule has 3 aliphatic rings. The van der Waals surface area contributed by atoms with E-state index in [1.165, 1.54) is 100 Å². The van der Waals surface area contributed by atoms with Crippen molar-refractivity contribution in [3.05, 3.63) is 233 Å². The molecule has 0 fully saturated rings. The molecular formula is C69H65BN2O. The predicted octanol–water partition coefficient (Wildman–Crippen LogP) is 17.2. The fourth-order valence-corrected chi connectivity index (χ4v) is 12.5. The third-order valence-electron chi connectivity index (χ3n) is 16.5. The Morgan fingerprint density at radius 3 is 1.03 bits per heavy atom. The lowest BCUT2D eigenvalue weighted by Crippen LogP contribution is -2.57. The second-order valence-electron chi connectivity index (χ2n) is 22.7. The van der Waals surface area contributed by atoms with Crippen LogP contribution in [0.1, 0.15) is 126 Å². The van der Waals surface area contributed by atoms with Crippen LogP contribution in [0, 0.1) is 0 Å². The number of benzene rings is 9. The Morgan fingerprint density at radius 1 is 0.370 bits per heavy atom. The van der Waals surface area contributed by atoms with Gasteiger partial charge in [-0.3, -0.25) is 0 Å². The van der Waals surface area contributed by atoms with Crippen LogP contribution in [-0.4, -0.2) is 6.71 Å². The Hall–Kier alpha value is -7.56. The largest absolute Gasteiger partial charge is 0.458 e. The number of anilines is 6. The summed E-state index contributed by atoms with van der Waals surface area (Å²) in [6.45, 7) is 23.4. The molecule has 0 amide bonds. The van der Waals surface area contributed by atoms with Crippen molar-refractivity contribution in [2.45, 2.75) is 97.8 Å². The lowest BCUT2D eigenvalue weighted by atomic mass is 9.33. The Kier molecular flexibility index (Phi) is 11.2. The number of hydrogen-bond acceptors (Lipinski definition) is 3. The van der Waals surface area contributed by atoms with Gasteiger partial charge >= 0.3 is 0 Å². The van der Waals surface area contributed by atoms with Gasteiger partial charge in [-0.2, -0.15) is 0 Å². The zero-order valence-corrected chi connectivity index (χ0v) is 44.1. The summed E-state index contributed by atoms with van der Waals surface area (Å²) in [5, 5.41) is 0. The van der Waals surface area contributed by atoms with Gasteiger partial charge in [0.05, 0.1) is 22.7 Å². The Balaban J connectivity index is 0.971. The average Bonchev–Trinajstić information content (AvgIpc) is 3.40.